The van der Waals surface area contributed by atoms with Crippen molar-refractivity contribution in [2.75, 3.05) is 18.4 Å². The number of carbonyl (C=O) groups excluding carboxylic acids is 1. The van der Waals surface area contributed by atoms with Crippen molar-refractivity contribution in [2.24, 2.45) is 13.0 Å². The van der Waals surface area contributed by atoms with E-state index in [4.69, 9.17) is 0 Å². The number of amides is 1. The Bertz CT molecular complexity index is 1290. The third-order valence-corrected chi connectivity index (χ3v) is 8.70. The van der Waals surface area contributed by atoms with Crippen molar-refractivity contribution in [3.8, 4) is 0 Å². The molecule has 1 amide bonds. The van der Waals surface area contributed by atoms with Crippen LogP contribution in [0.4, 0.5) is 5.69 Å². The molecule has 2 aromatic carbocycles. The largest absolute Gasteiger partial charge is 0.326 e. The van der Waals surface area contributed by atoms with Crippen molar-refractivity contribution < 1.29 is 13.2 Å². The predicted octanol–water partition coefficient (Wildman–Crippen LogP) is 3.09. The van der Waals surface area contributed by atoms with E-state index in [1.807, 2.05) is 37.3 Å². The molecule has 1 aliphatic rings. The van der Waals surface area contributed by atoms with Crippen LogP contribution in [0.25, 0.3) is 10.2 Å². The minimum absolute atomic E-state index is 0.0174. The second kappa shape index (κ2) is 8.57. The molecule has 1 aromatic heterocycles. The van der Waals surface area contributed by atoms with E-state index in [-0.39, 0.29) is 22.5 Å². The zero-order chi connectivity index (χ0) is 22.2. The molecule has 1 aliphatic heterocycles. The van der Waals surface area contributed by atoms with Crippen LogP contribution in [0.15, 0.2) is 47.3 Å². The third kappa shape index (κ3) is 4.58. The van der Waals surface area contributed by atoms with Gasteiger partial charge in [0.1, 0.15) is 0 Å². The molecule has 4 rings (SSSR count). The Morgan fingerprint density at radius 1 is 1.16 bits per heavy atom. The Hall–Kier alpha value is -2.49. The van der Waals surface area contributed by atoms with Gasteiger partial charge in [0.05, 0.1) is 16.0 Å². The van der Waals surface area contributed by atoms with Crippen LogP contribution >= 0.6 is 11.3 Å². The number of piperidine rings is 1. The van der Waals surface area contributed by atoms with Gasteiger partial charge in [-0.15, -0.1) is 0 Å². The van der Waals surface area contributed by atoms with Gasteiger partial charge >= 0.3 is 4.87 Å². The summed E-state index contributed by atoms with van der Waals surface area (Å²) in [5, 5.41) is 2.92. The van der Waals surface area contributed by atoms with Gasteiger partial charge in [-0.1, -0.05) is 35.6 Å². The van der Waals surface area contributed by atoms with Crippen LogP contribution in [0.3, 0.4) is 0 Å². The van der Waals surface area contributed by atoms with Gasteiger partial charge in [0.15, 0.2) is 0 Å². The molecular weight excluding hydrogens is 434 g/mol. The number of rotatable bonds is 5. The molecule has 0 bridgehead atoms. The lowest BCUT2D eigenvalue weighted by Crippen LogP contribution is -2.41. The number of carbonyl (C=O) groups is 1. The Kier molecular flexibility index (Phi) is 6.00. The van der Waals surface area contributed by atoms with Crippen molar-refractivity contribution in [3.05, 3.63) is 63.3 Å². The number of aromatic nitrogens is 1. The number of anilines is 1. The molecule has 2 heterocycles. The summed E-state index contributed by atoms with van der Waals surface area (Å²) in [4.78, 5) is 24.5. The number of aryl methyl sites for hydroxylation is 2. The lowest BCUT2D eigenvalue weighted by atomic mass is 9.97. The van der Waals surface area contributed by atoms with E-state index in [0.29, 0.717) is 31.6 Å². The topological polar surface area (TPSA) is 88.5 Å². The van der Waals surface area contributed by atoms with Crippen LogP contribution in [0.1, 0.15) is 24.0 Å². The molecule has 0 unspecified atom stereocenters. The van der Waals surface area contributed by atoms with Crippen LogP contribution in [-0.4, -0.2) is 36.3 Å². The van der Waals surface area contributed by atoms with Crippen LogP contribution in [-0.2, 0) is 27.6 Å². The van der Waals surface area contributed by atoms with Gasteiger partial charge in [-0.3, -0.25) is 9.59 Å². The number of thiazole rings is 1. The first-order valence-corrected chi connectivity index (χ1v) is 12.6. The summed E-state index contributed by atoms with van der Waals surface area (Å²) in [6.07, 6.45) is 0.972. The van der Waals surface area contributed by atoms with Gasteiger partial charge < -0.3 is 9.88 Å². The number of nitrogens with zero attached hydrogens (tertiary/aromatic N) is 2. The molecule has 3 aromatic rings. The van der Waals surface area contributed by atoms with E-state index in [9.17, 15) is 18.0 Å². The van der Waals surface area contributed by atoms with Crippen molar-refractivity contribution in [1.29, 1.82) is 0 Å². The minimum atomic E-state index is -3.42. The quantitative estimate of drug-likeness (QED) is 0.635. The molecule has 0 saturated carbocycles. The summed E-state index contributed by atoms with van der Waals surface area (Å²) in [5.41, 5.74) is 3.25. The molecule has 7 nitrogen and oxygen atoms in total. The Labute approximate surface area is 185 Å². The van der Waals surface area contributed by atoms with E-state index in [1.54, 1.807) is 23.7 Å². The lowest BCUT2D eigenvalue weighted by Gasteiger charge is -2.30. The Morgan fingerprint density at radius 2 is 1.87 bits per heavy atom. The maximum absolute atomic E-state index is 12.8. The molecule has 31 heavy (non-hydrogen) atoms. The van der Waals surface area contributed by atoms with Gasteiger partial charge in [-0.05, 0) is 49.1 Å². The standard InChI is InChI=1S/C22H25N3O4S2/c1-15-5-3-4-6-17(15)14-31(28,29)25-11-9-16(10-12-25)21(26)23-18-7-8-19-20(13-18)30-22(27)24(19)2/h3-8,13,16H,9-12,14H2,1-2H3,(H,23,26). The first-order valence-electron chi connectivity index (χ1n) is 10.2. The molecule has 0 atom stereocenters. The van der Waals surface area contributed by atoms with E-state index < -0.39 is 10.0 Å². The Morgan fingerprint density at radius 3 is 2.58 bits per heavy atom. The highest BCUT2D eigenvalue weighted by atomic mass is 32.2. The van der Waals surface area contributed by atoms with Crippen LogP contribution in [0.2, 0.25) is 0 Å². The molecule has 9 heteroatoms. The number of benzene rings is 2. The number of nitrogens with one attached hydrogen (secondary N) is 1. The molecule has 0 radical (unpaired) electrons. The molecular formula is C22H25N3O4S2. The summed E-state index contributed by atoms with van der Waals surface area (Å²) >= 11 is 1.14. The zero-order valence-electron chi connectivity index (χ0n) is 17.5. The SMILES string of the molecule is Cc1ccccc1CS(=O)(=O)N1CCC(C(=O)Nc2ccc3c(c2)sc(=O)n3C)CC1. The van der Waals surface area contributed by atoms with Crippen molar-refractivity contribution in [3.63, 3.8) is 0 Å². The van der Waals surface area contributed by atoms with Crippen LogP contribution < -0.4 is 10.2 Å². The molecule has 0 spiro atoms. The maximum atomic E-state index is 12.8. The van der Waals surface area contributed by atoms with Gasteiger partial charge in [0.2, 0.25) is 15.9 Å². The lowest BCUT2D eigenvalue weighted by molar-refractivity contribution is -0.120. The average molecular weight is 460 g/mol. The number of hydrogen-bond donors (Lipinski definition) is 1. The highest BCUT2D eigenvalue weighted by Crippen LogP contribution is 2.25. The number of hydrogen-bond acceptors (Lipinski definition) is 5. The number of fused-ring (bicyclic) bond motifs is 1. The van der Waals surface area contributed by atoms with Crippen LogP contribution in [0, 0.1) is 12.8 Å². The molecule has 1 saturated heterocycles. The highest BCUT2D eigenvalue weighted by Gasteiger charge is 2.31. The summed E-state index contributed by atoms with van der Waals surface area (Å²) < 4.78 is 29.6. The van der Waals surface area contributed by atoms with E-state index in [1.165, 1.54) is 4.31 Å². The monoisotopic (exact) mass is 459 g/mol. The fourth-order valence-corrected chi connectivity index (χ4v) is 6.50. The maximum Gasteiger partial charge on any atom is 0.307 e. The zero-order valence-corrected chi connectivity index (χ0v) is 19.1. The summed E-state index contributed by atoms with van der Waals surface area (Å²) in [6.45, 7) is 2.59. The Balaban J connectivity index is 1.37. The minimum Gasteiger partial charge on any atom is -0.326 e. The summed E-state index contributed by atoms with van der Waals surface area (Å²) in [5.74, 6) is -0.370. The molecule has 0 aliphatic carbocycles. The fourth-order valence-electron chi connectivity index (χ4n) is 3.91. The molecule has 1 N–H and O–H groups in total. The average Bonchev–Trinajstić information content (AvgIpc) is 3.03. The summed E-state index contributed by atoms with van der Waals surface area (Å²) in [7, 11) is -1.70. The van der Waals surface area contributed by atoms with Gasteiger partial charge in [0, 0.05) is 31.7 Å². The second-order valence-electron chi connectivity index (χ2n) is 7.95. The fraction of sp³-hybridized carbons (Fsp3) is 0.364. The first-order chi connectivity index (χ1) is 14.7. The molecule has 1 fully saturated rings. The van der Waals surface area contributed by atoms with Crippen molar-refractivity contribution in [1.82, 2.24) is 8.87 Å². The summed E-state index contributed by atoms with van der Waals surface area (Å²) in [6, 6.07) is 12.9. The normalized spacial score (nSPS) is 15.9. The van der Waals surface area contributed by atoms with E-state index >= 15 is 0 Å². The van der Waals surface area contributed by atoms with Crippen LogP contribution in [0.5, 0.6) is 0 Å². The van der Waals surface area contributed by atoms with Gasteiger partial charge in [-0.2, -0.15) is 0 Å². The smallest absolute Gasteiger partial charge is 0.307 e. The predicted molar refractivity (Wildman–Crippen MR) is 124 cm³/mol. The first kappa shape index (κ1) is 21.7. The van der Waals surface area contributed by atoms with Gasteiger partial charge in [0.25, 0.3) is 0 Å². The number of sulfonamides is 1. The third-order valence-electron chi connectivity index (χ3n) is 5.88. The second-order valence-corrected chi connectivity index (χ2v) is 10.9. The van der Waals surface area contributed by atoms with E-state index in [2.05, 4.69) is 5.32 Å². The highest BCUT2D eigenvalue weighted by molar-refractivity contribution is 7.88. The van der Waals surface area contributed by atoms with Crippen molar-refractivity contribution in [2.45, 2.75) is 25.5 Å². The van der Waals surface area contributed by atoms with Crippen molar-refractivity contribution >= 4 is 43.2 Å². The van der Waals surface area contributed by atoms with E-state index in [0.717, 1.165) is 32.7 Å². The molecule has 164 valence electrons. The van der Waals surface area contributed by atoms with Gasteiger partial charge in [-0.25, -0.2) is 12.7 Å².